The van der Waals surface area contributed by atoms with Crippen LogP contribution in [0, 0.1) is 0 Å². The van der Waals surface area contributed by atoms with Crippen LogP contribution in [-0.2, 0) is 4.79 Å². The van der Waals surface area contributed by atoms with Gasteiger partial charge in [0.05, 0.1) is 24.1 Å². The van der Waals surface area contributed by atoms with Gasteiger partial charge in [-0.25, -0.2) is 0 Å². The molecular formula is C13H18N4OS. The first kappa shape index (κ1) is 13.7. The summed E-state index contributed by atoms with van der Waals surface area (Å²) in [6.45, 7) is 0.221. The molecule has 0 bridgehead atoms. The third kappa shape index (κ3) is 3.41. The van der Waals surface area contributed by atoms with Crippen molar-refractivity contribution >= 4 is 28.8 Å². The number of thiocarbonyl (C=S) groups is 1. The highest BCUT2D eigenvalue weighted by atomic mass is 32.1. The molecule has 2 rings (SSSR count). The quantitative estimate of drug-likeness (QED) is 0.783. The topological polar surface area (TPSA) is 85.2 Å². The number of anilines is 1. The van der Waals surface area contributed by atoms with Gasteiger partial charge >= 0.3 is 0 Å². The van der Waals surface area contributed by atoms with Gasteiger partial charge in [-0.3, -0.25) is 9.78 Å². The van der Waals surface area contributed by atoms with E-state index in [0.717, 1.165) is 18.5 Å². The second-order valence-corrected chi connectivity index (χ2v) is 5.24. The van der Waals surface area contributed by atoms with Gasteiger partial charge < -0.3 is 16.4 Å². The van der Waals surface area contributed by atoms with E-state index < -0.39 is 0 Å². The summed E-state index contributed by atoms with van der Waals surface area (Å²) in [5.41, 5.74) is 12.3. The van der Waals surface area contributed by atoms with Gasteiger partial charge in [0.25, 0.3) is 0 Å². The monoisotopic (exact) mass is 278 g/mol. The fraction of sp³-hybridized carbons (Fsp3) is 0.462. The second kappa shape index (κ2) is 5.97. The van der Waals surface area contributed by atoms with Crippen LogP contribution >= 0.6 is 12.2 Å². The minimum atomic E-state index is -0.328. The molecule has 4 N–H and O–H groups in total. The molecule has 0 unspecified atom stereocenters. The molecule has 1 aliphatic rings. The van der Waals surface area contributed by atoms with E-state index in [4.69, 9.17) is 23.7 Å². The zero-order valence-corrected chi connectivity index (χ0v) is 11.5. The normalized spacial score (nSPS) is 15.4. The Kier molecular flexibility index (Phi) is 4.31. The van der Waals surface area contributed by atoms with Gasteiger partial charge in [-0.1, -0.05) is 25.1 Å². The van der Waals surface area contributed by atoms with Crippen molar-refractivity contribution in [2.45, 2.75) is 31.7 Å². The minimum absolute atomic E-state index is 0.221. The van der Waals surface area contributed by atoms with E-state index >= 15 is 0 Å². The lowest BCUT2D eigenvalue weighted by Gasteiger charge is -2.29. The van der Waals surface area contributed by atoms with E-state index in [-0.39, 0.29) is 17.4 Å². The molecule has 1 fully saturated rings. The Bertz CT molecular complexity index is 468. The Labute approximate surface area is 118 Å². The smallest absolute Gasteiger partial charge is 0.236 e. The van der Waals surface area contributed by atoms with E-state index in [0.29, 0.717) is 11.7 Å². The molecule has 19 heavy (non-hydrogen) atoms. The summed E-state index contributed by atoms with van der Waals surface area (Å²) < 4.78 is 0. The number of nitrogens with zero attached hydrogens (tertiary/aromatic N) is 2. The molecule has 6 heteroatoms. The largest absolute Gasteiger partial charge is 0.388 e. The number of aromatic nitrogens is 1. The summed E-state index contributed by atoms with van der Waals surface area (Å²) in [6.07, 6.45) is 6.26. The minimum Gasteiger partial charge on any atom is -0.388 e. The van der Waals surface area contributed by atoms with E-state index in [9.17, 15) is 4.79 Å². The summed E-state index contributed by atoms with van der Waals surface area (Å²) in [6, 6.07) is 4.04. The van der Waals surface area contributed by atoms with Crippen LogP contribution in [0.4, 0.5) is 5.69 Å². The predicted molar refractivity (Wildman–Crippen MR) is 78.9 cm³/mol. The number of carbonyl (C=O) groups excluding carboxylic acids is 1. The van der Waals surface area contributed by atoms with Gasteiger partial charge in [-0.2, -0.15) is 0 Å². The number of primary amides is 1. The molecule has 0 atom stereocenters. The summed E-state index contributed by atoms with van der Waals surface area (Å²) in [5.74, 6) is -0.328. The summed E-state index contributed by atoms with van der Waals surface area (Å²) in [4.78, 5) is 17.8. The summed E-state index contributed by atoms with van der Waals surface area (Å²) in [7, 11) is 0. The van der Waals surface area contributed by atoms with Gasteiger partial charge in [0.2, 0.25) is 5.91 Å². The number of carbonyl (C=O) groups is 1. The molecule has 0 aliphatic heterocycles. The van der Waals surface area contributed by atoms with Crippen LogP contribution in [0.1, 0.15) is 31.4 Å². The van der Waals surface area contributed by atoms with Crippen molar-refractivity contribution in [2.24, 2.45) is 11.5 Å². The molecule has 102 valence electrons. The molecule has 0 aromatic carbocycles. The molecule has 1 aromatic heterocycles. The molecular weight excluding hydrogens is 260 g/mol. The van der Waals surface area contributed by atoms with Crippen LogP contribution in [0.15, 0.2) is 18.3 Å². The van der Waals surface area contributed by atoms with Crippen molar-refractivity contribution in [2.75, 3.05) is 11.4 Å². The lowest BCUT2D eigenvalue weighted by atomic mass is 10.2. The highest BCUT2D eigenvalue weighted by Gasteiger charge is 2.24. The van der Waals surface area contributed by atoms with E-state index in [1.165, 1.54) is 12.8 Å². The van der Waals surface area contributed by atoms with E-state index in [1.807, 2.05) is 11.0 Å². The third-order valence-corrected chi connectivity index (χ3v) is 3.63. The number of pyridine rings is 1. The third-order valence-electron chi connectivity index (χ3n) is 3.42. The fourth-order valence-electron chi connectivity index (χ4n) is 2.52. The first-order valence-electron chi connectivity index (χ1n) is 6.38. The number of amides is 1. The predicted octanol–water partition coefficient (Wildman–Crippen LogP) is 0.950. The molecule has 1 aliphatic carbocycles. The van der Waals surface area contributed by atoms with Gasteiger partial charge in [-0.05, 0) is 25.0 Å². The SMILES string of the molecule is NC(=O)CN(c1ccc(C(N)=S)nc1)C1CCCC1. The van der Waals surface area contributed by atoms with Gasteiger partial charge in [0.1, 0.15) is 4.99 Å². The Morgan fingerprint density at radius 3 is 2.53 bits per heavy atom. The average Bonchev–Trinajstić information content (AvgIpc) is 2.89. The van der Waals surface area contributed by atoms with Crippen LogP contribution in [0.25, 0.3) is 0 Å². The van der Waals surface area contributed by atoms with Crippen LogP contribution in [-0.4, -0.2) is 28.5 Å². The number of hydrogen-bond donors (Lipinski definition) is 2. The van der Waals surface area contributed by atoms with Gasteiger partial charge in [-0.15, -0.1) is 0 Å². The maximum atomic E-state index is 11.2. The van der Waals surface area contributed by atoms with Crippen molar-refractivity contribution in [3.8, 4) is 0 Å². The van der Waals surface area contributed by atoms with Crippen molar-refractivity contribution in [3.63, 3.8) is 0 Å². The maximum Gasteiger partial charge on any atom is 0.236 e. The first-order valence-corrected chi connectivity index (χ1v) is 6.79. The zero-order chi connectivity index (χ0) is 13.8. The molecule has 1 amide bonds. The average molecular weight is 278 g/mol. The number of hydrogen-bond acceptors (Lipinski definition) is 4. The zero-order valence-electron chi connectivity index (χ0n) is 10.7. The molecule has 1 saturated carbocycles. The van der Waals surface area contributed by atoms with Crippen molar-refractivity contribution in [1.29, 1.82) is 0 Å². The van der Waals surface area contributed by atoms with Crippen LogP contribution < -0.4 is 16.4 Å². The van der Waals surface area contributed by atoms with Gasteiger partial charge in [0.15, 0.2) is 0 Å². The van der Waals surface area contributed by atoms with E-state index in [1.54, 1.807) is 12.3 Å². The standard InChI is InChI=1S/C13H18N4OS/c14-12(18)8-17(9-3-1-2-4-9)10-5-6-11(13(15)19)16-7-10/h5-7,9H,1-4,8H2,(H2,14,18)(H2,15,19). The molecule has 0 radical (unpaired) electrons. The molecule has 1 heterocycles. The van der Waals surface area contributed by atoms with E-state index in [2.05, 4.69) is 4.98 Å². The first-order chi connectivity index (χ1) is 9.08. The van der Waals surface area contributed by atoms with Crippen LogP contribution in [0.2, 0.25) is 0 Å². The van der Waals surface area contributed by atoms with Gasteiger partial charge in [0, 0.05) is 6.04 Å². The Balaban J connectivity index is 2.21. The number of nitrogens with two attached hydrogens (primary N) is 2. The van der Waals surface area contributed by atoms with Crippen LogP contribution in [0.3, 0.4) is 0 Å². The fourth-order valence-corrected chi connectivity index (χ4v) is 2.64. The highest BCUT2D eigenvalue weighted by molar-refractivity contribution is 7.80. The van der Waals surface area contributed by atoms with Crippen LogP contribution in [0.5, 0.6) is 0 Å². The summed E-state index contributed by atoms with van der Waals surface area (Å²) in [5, 5.41) is 0. The maximum absolute atomic E-state index is 11.2. The summed E-state index contributed by atoms with van der Waals surface area (Å²) >= 11 is 4.88. The second-order valence-electron chi connectivity index (χ2n) is 4.80. The number of rotatable bonds is 5. The molecule has 0 spiro atoms. The lowest BCUT2D eigenvalue weighted by Crippen LogP contribution is -2.40. The van der Waals surface area contributed by atoms with Crippen molar-refractivity contribution in [3.05, 3.63) is 24.0 Å². The lowest BCUT2D eigenvalue weighted by molar-refractivity contribution is -0.116. The Morgan fingerprint density at radius 2 is 2.05 bits per heavy atom. The molecule has 0 saturated heterocycles. The Morgan fingerprint density at radius 1 is 1.37 bits per heavy atom. The van der Waals surface area contributed by atoms with Crippen molar-refractivity contribution in [1.82, 2.24) is 4.98 Å². The highest BCUT2D eigenvalue weighted by Crippen LogP contribution is 2.27. The molecule has 5 nitrogen and oxygen atoms in total. The Hall–Kier alpha value is -1.69. The molecule has 1 aromatic rings. The van der Waals surface area contributed by atoms with Crippen molar-refractivity contribution < 1.29 is 4.79 Å².